The Morgan fingerprint density at radius 3 is 2.24 bits per heavy atom. The zero-order valence-electron chi connectivity index (χ0n) is 37.3. The number of hydrogen-bond donors (Lipinski definition) is 9. The lowest BCUT2D eigenvalue weighted by Crippen LogP contribution is -2.62. The summed E-state index contributed by atoms with van der Waals surface area (Å²) in [7, 11) is -0.598. The summed E-state index contributed by atoms with van der Waals surface area (Å²) in [6.07, 6.45) is -8.78. The van der Waals surface area contributed by atoms with Gasteiger partial charge in [0.1, 0.15) is 35.0 Å². The number of fused-ring (bicyclic) bond motifs is 1. The van der Waals surface area contributed by atoms with Gasteiger partial charge < -0.3 is 65.3 Å². The van der Waals surface area contributed by atoms with Crippen LogP contribution < -0.4 is 20.9 Å². The number of nitrogens with one attached hydrogen (secondary N) is 3. The number of ether oxygens (including phenoxy) is 4. The molecule has 23 nitrogen and oxygen atoms in total. The van der Waals surface area contributed by atoms with E-state index in [0.717, 1.165) is 12.6 Å². The first-order chi connectivity index (χ1) is 32.5. The van der Waals surface area contributed by atoms with Crippen LogP contribution in [0.25, 0.3) is 10.8 Å². The Bertz CT molecular complexity index is 2600. The van der Waals surface area contributed by atoms with Crippen molar-refractivity contribution in [1.29, 1.82) is 0 Å². The van der Waals surface area contributed by atoms with Crippen LogP contribution in [0.2, 0.25) is 0 Å². The van der Waals surface area contributed by atoms with Gasteiger partial charge in [-0.1, -0.05) is 29.5 Å². The maximum Gasteiger partial charge on any atom is 0.295 e. The molecule has 0 aliphatic carbocycles. The smallest absolute Gasteiger partial charge is 0.295 e. The first-order valence-corrected chi connectivity index (χ1v) is 22.8. The molecular formula is C44H55N9O14S. The summed E-state index contributed by atoms with van der Waals surface area (Å²) in [5.74, 6) is -1.32. The number of nitrogens with zero attached hydrogens (tertiary/aromatic N) is 6. The van der Waals surface area contributed by atoms with Gasteiger partial charge in [0, 0.05) is 54.9 Å². The lowest BCUT2D eigenvalue weighted by atomic mass is 9.99. The fourth-order valence-corrected chi connectivity index (χ4v) is 7.55. The van der Waals surface area contributed by atoms with Gasteiger partial charge in [-0.15, -0.1) is 5.10 Å². The van der Waals surface area contributed by atoms with Crippen molar-refractivity contribution in [2.45, 2.75) is 67.5 Å². The van der Waals surface area contributed by atoms with Crippen molar-refractivity contribution in [3.8, 4) is 0 Å². The number of rotatable bonds is 23. The topological polar surface area (TPSA) is 321 Å². The van der Waals surface area contributed by atoms with Crippen molar-refractivity contribution in [1.82, 2.24) is 25.6 Å². The normalized spacial score (nSPS) is 19.9. The molecule has 366 valence electrons. The number of aliphatic hydroxyl groups excluding tert-OH is 4. The third-order valence-corrected chi connectivity index (χ3v) is 11.6. The zero-order chi connectivity index (χ0) is 49.0. The van der Waals surface area contributed by atoms with E-state index in [1.165, 1.54) is 22.9 Å². The third-order valence-electron chi connectivity index (χ3n) is 10.7. The summed E-state index contributed by atoms with van der Waals surface area (Å²) in [5.41, 5.74) is 1.23. The van der Waals surface area contributed by atoms with Gasteiger partial charge in [-0.05, 0) is 67.6 Å². The molecule has 0 radical (unpaired) electrons. The predicted octanol–water partition coefficient (Wildman–Crippen LogP) is 1.24. The molecule has 1 aromatic heterocycles. The van der Waals surface area contributed by atoms with Crippen LogP contribution in [0.1, 0.15) is 23.0 Å². The number of amides is 2. The summed E-state index contributed by atoms with van der Waals surface area (Å²) in [6.45, 7) is 0.412. The molecular weight excluding hydrogens is 911 g/mol. The quantitative estimate of drug-likeness (QED) is 0.0192. The Labute approximate surface area is 391 Å². The summed E-state index contributed by atoms with van der Waals surface area (Å²) in [5, 5.41) is 78.2. The van der Waals surface area contributed by atoms with Crippen molar-refractivity contribution < 1.29 is 67.0 Å². The molecule has 24 heteroatoms. The van der Waals surface area contributed by atoms with E-state index in [1.807, 2.05) is 43.3 Å². The van der Waals surface area contributed by atoms with Crippen LogP contribution in [0.5, 0.6) is 0 Å². The van der Waals surface area contributed by atoms with Gasteiger partial charge in [-0.2, -0.15) is 18.6 Å². The number of carbonyl (C=O) groups excluding carboxylic acids is 2. The number of anilines is 2. The largest absolute Gasteiger partial charge is 0.394 e. The van der Waals surface area contributed by atoms with Crippen molar-refractivity contribution in [2.75, 3.05) is 63.8 Å². The van der Waals surface area contributed by atoms with E-state index in [9.17, 15) is 48.1 Å². The Morgan fingerprint density at radius 1 is 0.882 bits per heavy atom. The molecule has 1 aliphatic rings. The zero-order valence-corrected chi connectivity index (χ0v) is 38.1. The summed E-state index contributed by atoms with van der Waals surface area (Å²) in [6, 6.07) is 23.4. The van der Waals surface area contributed by atoms with Gasteiger partial charge in [0.05, 0.1) is 57.1 Å². The lowest BCUT2D eigenvalue weighted by Gasteiger charge is -2.42. The monoisotopic (exact) mass is 965 g/mol. The van der Waals surface area contributed by atoms with Gasteiger partial charge >= 0.3 is 0 Å². The fraction of sp³-hybridized carbons (Fsp3) is 0.409. The minimum absolute atomic E-state index is 0.0774. The number of aromatic nitrogens is 3. The van der Waals surface area contributed by atoms with E-state index < -0.39 is 65.2 Å². The molecule has 0 unspecified atom stereocenters. The Kier molecular flexibility index (Phi) is 17.6. The van der Waals surface area contributed by atoms with Crippen LogP contribution >= 0.6 is 0 Å². The highest BCUT2D eigenvalue weighted by molar-refractivity contribution is 7.86. The minimum Gasteiger partial charge on any atom is -0.394 e. The van der Waals surface area contributed by atoms with Gasteiger partial charge in [0.25, 0.3) is 21.9 Å². The highest BCUT2D eigenvalue weighted by Crippen LogP contribution is 2.30. The summed E-state index contributed by atoms with van der Waals surface area (Å²) in [4.78, 5) is 28.0. The Hall–Kier alpha value is -6.03. The molecule has 0 saturated carbocycles. The molecule has 2 amide bonds. The number of carbonyl (C=O) groups is 2. The molecule has 4 aromatic carbocycles. The molecule has 1 saturated heterocycles. The number of aliphatic hydroxyl groups is 5. The van der Waals surface area contributed by atoms with E-state index in [0.29, 0.717) is 33.7 Å². The average molecular weight is 966 g/mol. The first kappa shape index (κ1) is 51.4. The van der Waals surface area contributed by atoms with Crippen molar-refractivity contribution >= 4 is 55.5 Å². The number of azo groups is 1. The molecule has 7 atom stereocenters. The molecule has 5 aromatic rings. The van der Waals surface area contributed by atoms with Gasteiger partial charge in [0.15, 0.2) is 18.2 Å². The molecule has 2 heterocycles. The maximum atomic E-state index is 13.4. The van der Waals surface area contributed by atoms with E-state index in [1.54, 1.807) is 48.7 Å². The second kappa shape index (κ2) is 23.3. The lowest BCUT2D eigenvalue weighted by molar-refractivity contribution is -0.355. The van der Waals surface area contributed by atoms with Crippen LogP contribution in [0.15, 0.2) is 106 Å². The van der Waals surface area contributed by atoms with Crippen LogP contribution in [-0.2, 0) is 46.9 Å². The molecule has 0 bridgehead atoms. The van der Waals surface area contributed by atoms with Crippen molar-refractivity contribution in [3.63, 3.8) is 0 Å². The molecule has 9 N–H and O–H groups in total. The average Bonchev–Trinajstić information content (AvgIpc) is 3.79. The van der Waals surface area contributed by atoms with Gasteiger partial charge in [-0.25, -0.2) is 4.68 Å². The second-order valence-electron chi connectivity index (χ2n) is 15.9. The highest BCUT2D eigenvalue weighted by atomic mass is 32.2. The first-order valence-electron chi connectivity index (χ1n) is 21.3. The molecule has 1 aliphatic heterocycles. The maximum absolute atomic E-state index is 13.4. The van der Waals surface area contributed by atoms with Gasteiger partial charge in [-0.3, -0.25) is 14.1 Å². The summed E-state index contributed by atoms with van der Waals surface area (Å²) < 4.78 is 57.5. The SMILES string of the molecule is CN(C)c1ccc(/N=N/c2ccc(C(=O)NCc3cn(CCOCCO[C@H](O[C@@H]4O[C@H](CO)[C@H](O)[C@H](O)[C@H]4O)[C@@](C)(O)C(=O)NCCNc4cccc5c(S(=O)(=O)O)cccc45)nn3)cc2)cc1. The summed E-state index contributed by atoms with van der Waals surface area (Å²) >= 11 is 0. The van der Waals surface area contributed by atoms with Crippen LogP contribution in [-0.4, -0.2) is 162 Å². The molecule has 1 fully saturated rings. The molecule has 6 rings (SSSR count). The van der Waals surface area contributed by atoms with Crippen molar-refractivity contribution in [3.05, 3.63) is 102 Å². The minimum atomic E-state index is -4.50. The standard InChI is InChI=1S/C44H55N9O14S/c1-44(60,42(59)46-19-18-45-34-8-4-7-33-32(34)6-5-9-36(33)68(61,62)63)43(67-41-39(57)38(56)37(55)35(26-54)66-41)65-23-22-64-21-20-53-25-30(50-51-53)24-47-40(58)27-10-12-28(13-11-27)48-49-29-14-16-31(17-15-29)52(2)3/h4-17,25,35,37-39,41,43,45,54-57,60H,18-24,26H2,1-3H3,(H,46,59)(H,47,58)(H,61,62,63)/b49-48+/t35-,37+,38+,39-,41+,43-,44+/m1/s1. The number of hydrogen-bond acceptors (Lipinski definition) is 19. The van der Waals surface area contributed by atoms with E-state index in [4.69, 9.17) is 18.9 Å². The van der Waals surface area contributed by atoms with Gasteiger partial charge in [0.2, 0.25) is 0 Å². The van der Waals surface area contributed by atoms with Crippen LogP contribution in [0.4, 0.5) is 22.7 Å². The Morgan fingerprint density at radius 2 is 1.56 bits per heavy atom. The second-order valence-corrected chi connectivity index (χ2v) is 17.3. The predicted molar refractivity (Wildman–Crippen MR) is 244 cm³/mol. The van der Waals surface area contributed by atoms with E-state index in [2.05, 4.69) is 36.5 Å². The Balaban J connectivity index is 0.968. The highest BCUT2D eigenvalue weighted by Gasteiger charge is 2.49. The third kappa shape index (κ3) is 13.4. The molecule has 68 heavy (non-hydrogen) atoms. The number of benzene rings is 4. The van der Waals surface area contributed by atoms with E-state index >= 15 is 0 Å². The van der Waals surface area contributed by atoms with Crippen molar-refractivity contribution in [2.24, 2.45) is 10.2 Å². The van der Waals surface area contributed by atoms with Crippen LogP contribution in [0.3, 0.4) is 0 Å². The molecule has 0 spiro atoms. The van der Waals surface area contributed by atoms with Crippen LogP contribution in [0, 0.1) is 0 Å². The fourth-order valence-electron chi connectivity index (χ4n) is 6.84. The van der Waals surface area contributed by atoms with E-state index in [-0.39, 0.29) is 62.2 Å².